The van der Waals surface area contributed by atoms with Gasteiger partial charge >= 0.3 is 5.97 Å². The number of nitrogens with zero attached hydrogens (tertiary/aromatic N) is 1. The molecule has 2 aromatic rings. The van der Waals surface area contributed by atoms with Gasteiger partial charge in [-0.15, -0.1) is 0 Å². The number of ether oxygens (including phenoxy) is 1. The molecule has 0 saturated heterocycles. The van der Waals surface area contributed by atoms with E-state index in [2.05, 4.69) is 0 Å². The molecule has 0 aliphatic heterocycles. The van der Waals surface area contributed by atoms with Gasteiger partial charge in [-0.3, -0.25) is 14.4 Å². The van der Waals surface area contributed by atoms with Crippen molar-refractivity contribution in [2.45, 2.75) is 39.8 Å². The van der Waals surface area contributed by atoms with E-state index in [9.17, 15) is 19.2 Å². The van der Waals surface area contributed by atoms with Crippen molar-refractivity contribution in [1.29, 1.82) is 0 Å². The van der Waals surface area contributed by atoms with Crippen LogP contribution in [0.25, 0.3) is 0 Å². The molecular formula is C23H25NO5. The third kappa shape index (κ3) is 5.60. The highest BCUT2D eigenvalue weighted by Crippen LogP contribution is 2.11. The zero-order chi connectivity index (χ0) is 21.6. The fourth-order valence-corrected chi connectivity index (χ4v) is 3.07. The first-order valence-electron chi connectivity index (χ1n) is 9.44. The van der Waals surface area contributed by atoms with Crippen molar-refractivity contribution >= 4 is 23.4 Å². The summed E-state index contributed by atoms with van der Waals surface area (Å²) in [6.45, 7) is 7.22. The van der Waals surface area contributed by atoms with Crippen LogP contribution in [0.3, 0.4) is 0 Å². The van der Waals surface area contributed by atoms with Crippen LogP contribution in [0.2, 0.25) is 0 Å². The zero-order valence-electron chi connectivity index (χ0n) is 17.0. The summed E-state index contributed by atoms with van der Waals surface area (Å²) >= 11 is 0. The predicted molar refractivity (Wildman–Crippen MR) is 109 cm³/mol. The largest absolute Gasteiger partial charge is 0.452 e. The number of carbonyl (C=O) groups is 4. The number of Topliss-reactive ketones (excluding diaryl/α,β-unsaturated/α-hetero) is 2. The van der Waals surface area contributed by atoms with Crippen molar-refractivity contribution in [2.24, 2.45) is 0 Å². The van der Waals surface area contributed by atoms with Crippen molar-refractivity contribution < 1.29 is 23.9 Å². The molecule has 0 radical (unpaired) electrons. The van der Waals surface area contributed by atoms with E-state index >= 15 is 0 Å². The number of rotatable bonds is 8. The second kappa shape index (κ2) is 9.78. The Morgan fingerprint density at radius 3 is 1.66 bits per heavy atom. The molecule has 0 unspecified atom stereocenters. The van der Waals surface area contributed by atoms with E-state index in [1.807, 2.05) is 27.7 Å². The highest BCUT2D eigenvalue weighted by atomic mass is 16.5. The van der Waals surface area contributed by atoms with E-state index in [-0.39, 0.29) is 35.7 Å². The molecule has 0 fully saturated rings. The van der Waals surface area contributed by atoms with Gasteiger partial charge < -0.3 is 9.64 Å². The molecule has 0 atom stereocenters. The lowest BCUT2D eigenvalue weighted by atomic mass is 10.0. The van der Waals surface area contributed by atoms with E-state index in [0.717, 1.165) is 0 Å². The first-order valence-corrected chi connectivity index (χ1v) is 9.44. The summed E-state index contributed by atoms with van der Waals surface area (Å²) in [5.74, 6) is -2.22. The Labute approximate surface area is 170 Å². The van der Waals surface area contributed by atoms with Crippen LogP contribution in [0.4, 0.5) is 0 Å². The van der Waals surface area contributed by atoms with Crippen LogP contribution in [-0.4, -0.2) is 47.0 Å². The fourth-order valence-electron chi connectivity index (χ4n) is 3.07. The molecule has 6 nitrogen and oxygen atoms in total. The van der Waals surface area contributed by atoms with Crippen LogP contribution >= 0.6 is 0 Å². The highest BCUT2D eigenvalue weighted by molar-refractivity contribution is 6.49. The van der Waals surface area contributed by atoms with Crippen LogP contribution < -0.4 is 0 Å². The SMILES string of the molecule is CC(C)N(C(=O)COC(=O)c1ccc(C(=O)C(=O)c2ccccc2)cc1)C(C)C. The van der Waals surface area contributed by atoms with Gasteiger partial charge in [0, 0.05) is 23.2 Å². The van der Waals surface area contributed by atoms with Gasteiger partial charge in [0.2, 0.25) is 11.6 Å². The Morgan fingerprint density at radius 1 is 0.724 bits per heavy atom. The molecule has 0 spiro atoms. The Hall–Kier alpha value is -3.28. The molecule has 0 aromatic heterocycles. The maximum Gasteiger partial charge on any atom is 0.338 e. The van der Waals surface area contributed by atoms with Crippen LogP contribution in [0.15, 0.2) is 54.6 Å². The van der Waals surface area contributed by atoms with Gasteiger partial charge in [-0.25, -0.2) is 4.79 Å². The Morgan fingerprint density at radius 2 is 1.17 bits per heavy atom. The van der Waals surface area contributed by atoms with Crippen LogP contribution in [0, 0.1) is 0 Å². The van der Waals surface area contributed by atoms with Gasteiger partial charge in [0.25, 0.3) is 5.91 Å². The number of hydrogen-bond acceptors (Lipinski definition) is 5. The summed E-state index contributed by atoms with van der Waals surface area (Å²) in [4.78, 5) is 50.7. The average molecular weight is 395 g/mol. The number of esters is 1. The van der Waals surface area contributed by atoms with Gasteiger partial charge in [0.05, 0.1) is 5.56 Å². The summed E-state index contributed by atoms with van der Waals surface area (Å²) in [6.07, 6.45) is 0. The third-order valence-corrected chi connectivity index (χ3v) is 4.35. The van der Waals surface area contributed by atoms with Crippen molar-refractivity contribution in [1.82, 2.24) is 4.90 Å². The first kappa shape index (κ1) is 22.0. The Balaban J connectivity index is 2.00. The van der Waals surface area contributed by atoms with E-state index in [1.165, 1.54) is 24.3 Å². The monoisotopic (exact) mass is 395 g/mol. The van der Waals surface area contributed by atoms with E-state index < -0.39 is 17.5 Å². The topological polar surface area (TPSA) is 80.8 Å². The van der Waals surface area contributed by atoms with Gasteiger partial charge in [-0.05, 0) is 39.8 Å². The molecule has 0 heterocycles. The molecule has 152 valence electrons. The molecule has 0 bridgehead atoms. The zero-order valence-corrected chi connectivity index (χ0v) is 17.0. The van der Waals surface area contributed by atoms with Crippen molar-refractivity contribution in [3.63, 3.8) is 0 Å². The van der Waals surface area contributed by atoms with Crippen LogP contribution in [0.1, 0.15) is 58.8 Å². The molecule has 2 aromatic carbocycles. The summed E-state index contributed by atoms with van der Waals surface area (Å²) < 4.78 is 5.11. The summed E-state index contributed by atoms with van der Waals surface area (Å²) in [5.41, 5.74) is 0.679. The van der Waals surface area contributed by atoms with E-state index in [4.69, 9.17) is 4.74 Å². The lowest BCUT2D eigenvalue weighted by molar-refractivity contribution is -0.138. The van der Waals surface area contributed by atoms with Gasteiger partial charge in [-0.1, -0.05) is 42.5 Å². The number of benzene rings is 2. The second-order valence-corrected chi connectivity index (χ2v) is 7.17. The second-order valence-electron chi connectivity index (χ2n) is 7.17. The molecule has 1 amide bonds. The van der Waals surface area contributed by atoms with Gasteiger partial charge in [0.1, 0.15) is 0 Å². The molecule has 0 aliphatic carbocycles. The summed E-state index contributed by atoms with van der Waals surface area (Å²) in [5, 5.41) is 0. The third-order valence-electron chi connectivity index (χ3n) is 4.35. The summed E-state index contributed by atoms with van der Waals surface area (Å²) in [6, 6.07) is 13.9. The molecule has 29 heavy (non-hydrogen) atoms. The van der Waals surface area contributed by atoms with E-state index in [0.29, 0.717) is 5.56 Å². The van der Waals surface area contributed by atoms with E-state index in [1.54, 1.807) is 35.2 Å². The Kier molecular flexibility index (Phi) is 7.42. The standard InChI is InChI=1S/C23H25NO5/c1-15(2)24(16(3)4)20(25)14-29-23(28)19-12-10-18(11-13-19)22(27)21(26)17-8-6-5-7-9-17/h5-13,15-16H,14H2,1-4H3. The quantitative estimate of drug-likeness (QED) is 0.388. The van der Waals surface area contributed by atoms with Crippen molar-refractivity contribution in [2.75, 3.05) is 6.61 Å². The van der Waals surface area contributed by atoms with Gasteiger partial charge in [0.15, 0.2) is 6.61 Å². The minimum absolute atomic E-state index is 0.00588. The molecule has 6 heteroatoms. The molecular weight excluding hydrogens is 370 g/mol. The number of amides is 1. The van der Waals surface area contributed by atoms with Gasteiger partial charge in [-0.2, -0.15) is 0 Å². The highest BCUT2D eigenvalue weighted by Gasteiger charge is 2.22. The normalized spacial score (nSPS) is 10.7. The minimum atomic E-state index is -0.667. The maximum atomic E-state index is 12.3. The minimum Gasteiger partial charge on any atom is -0.452 e. The molecule has 0 aliphatic rings. The first-order chi connectivity index (χ1) is 13.7. The predicted octanol–water partition coefficient (Wildman–Crippen LogP) is 3.55. The molecule has 0 saturated carbocycles. The maximum absolute atomic E-state index is 12.3. The fraction of sp³-hybridized carbons (Fsp3) is 0.304. The van der Waals surface area contributed by atoms with Crippen molar-refractivity contribution in [3.8, 4) is 0 Å². The van der Waals surface area contributed by atoms with Crippen LogP contribution in [-0.2, 0) is 9.53 Å². The molecule has 2 rings (SSSR count). The average Bonchev–Trinajstić information content (AvgIpc) is 2.71. The van der Waals surface area contributed by atoms with Crippen LogP contribution in [0.5, 0.6) is 0 Å². The number of ketones is 2. The number of carbonyl (C=O) groups excluding carboxylic acids is 4. The molecule has 0 N–H and O–H groups in total. The number of hydrogen-bond donors (Lipinski definition) is 0. The summed E-state index contributed by atoms with van der Waals surface area (Å²) in [7, 11) is 0. The van der Waals surface area contributed by atoms with Crippen molar-refractivity contribution in [3.05, 3.63) is 71.3 Å². The lowest BCUT2D eigenvalue weighted by Crippen LogP contribution is -2.44. The Bertz CT molecular complexity index is 877. The smallest absolute Gasteiger partial charge is 0.338 e. The lowest BCUT2D eigenvalue weighted by Gasteiger charge is -2.30.